The summed E-state index contributed by atoms with van der Waals surface area (Å²) < 4.78 is 18.2. The van der Waals surface area contributed by atoms with E-state index in [1.807, 2.05) is 38.1 Å². The van der Waals surface area contributed by atoms with Crippen LogP contribution in [0.3, 0.4) is 0 Å². The Morgan fingerprint density at radius 2 is 1.76 bits per heavy atom. The van der Waals surface area contributed by atoms with Gasteiger partial charge in [0.25, 0.3) is 5.56 Å². The maximum absolute atomic E-state index is 13.8. The number of methoxy groups -OCH3 is 2. The van der Waals surface area contributed by atoms with Gasteiger partial charge >= 0.3 is 0 Å². The fourth-order valence-electron chi connectivity index (χ4n) is 4.12. The van der Waals surface area contributed by atoms with Gasteiger partial charge in [-0.2, -0.15) is 5.26 Å². The number of hydrogen-bond acceptors (Lipinski definition) is 6. The summed E-state index contributed by atoms with van der Waals surface area (Å²) in [6.07, 6.45) is 0. The van der Waals surface area contributed by atoms with Gasteiger partial charge in [0, 0.05) is 11.8 Å². The van der Waals surface area contributed by atoms with Gasteiger partial charge in [0.15, 0.2) is 11.5 Å². The smallest absolute Gasteiger partial charge is 0.259 e. The first-order valence-corrected chi connectivity index (χ1v) is 10.5. The van der Waals surface area contributed by atoms with E-state index in [4.69, 9.17) is 19.9 Å². The number of fused-ring (bicyclic) bond motifs is 1. The number of nitrogens with two attached hydrogens (primary N) is 1. The van der Waals surface area contributed by atoms with Crippen LogP contribution in [0.4, 0.5) is 0 Å². The predicted octanol–water partition coefficient (Wildman–Crippen LogP) is 3.75. The molecule has 7 nitrogen and oxygen atoms in total. The van der Waals surface area contributed by atoms with Crippen LogP contribution in [0.15, 0.2) is 64.8 Å². The van der Waals surface area contributed by atoms with Gasteiger partial charge in [-0.15, -0.1) is 0 Å². The molecule has 3 aromatic rings. The molecule has 33 heavy (non-hydrogen) atoms. The van der Waals surface area contributed by atoms with E-state index in [0.717, 1.165) is 16.8 Å². The van der Waals surface area contributed by atoms with Crippen LogP contribution in [0.5, 0.6) is 17.2 Å². The highest BCUT2D eigenvalue weighted by Gasteiger charge is 2.34. The van der Waals surface area contributed by atoms with Gasteiger partial charge < -0.3 is 24.5 Å². The molecule has 4 rings (SSSR count). The summed E-state index contributed by atoms with van der Waals surface area (Å²) in [5.74, 6) is 0.681. The van der Waals surface area contributed by atoms with Crippen molar-refractivity contribution < 1.29 is 14.2 Å². The van der Waals surface area contributed by atoms with Gasteiger partial charge in [0.2, 0.25) is 5.88 Å². The molecule has 1 aliphatic rings. The molecule has 2 N–H and O–H groups in total. The van der Waals surface area contributed by atoms with Crippen LogP contribution in [-0.2, 0) is 6.54 Å². The number of aromatic nitrogens is 1. The minimum Gasteiger partial charge on any atom is -0.493 e. The summed E-state index contributed by atoms with van der Waals surface area (Å²) in [7, 11) is 3.08. The number of rotatable bonds is 5. The third-order valence-electron chi connectivity index (χ3n) is 5.89. The van der Waals surface area contributed by atoms with Crippen molar-refractivity contribution in [2.45, 2.75) is 26.3 Å². The van der Waals surface area contributed by atoms with E-state index in [0.29, 0.717) is 34.9 Å². The maximum atomic E-state index is 13.8. The highest BCUT2D eigenvalue weighted by atomic mass is 16.5. The zero-order valence-electron chi connectivity index (χ0n) is 19.0. The molecule has 0 amide bonds. The standard InChI is InChI=1S/C26H25N3O4/c1-15-5-7-17(8-6-15)14-29-16(2)11-22-24(26(29)30)23(19(13-27)25(28)33-22)18-9-10-20(31-3)21(12-18)32-4/h5-12,23H,14,28H2,1-4H3. The van der Waals surface area contributed by atoms with Crippen molar-refractivity contribution in [1.29, 1.82) is 5.26 Å². The molecule has 0 spiro atoms. The van der Waals surface area contributed by atoms with Crippen molar-refractivity contribution in [2.24, 2.45) is 5.73 Å². The number of allylic oxidation sites excluding steroid dienone is 1. The molecule has 1 atom stereocenters. The number of nitriles is 1. The van der Waals surface area contributed by atoms with Gasteiger partial charge in [-0.05, 0) is 37.1 Å². The highest BCUT2D eigenvalue weighted by Crippen LogP contribution is 2.42. The molecule has 0 fully saturated rings. The first kappa shape index (κ1) is 22.0. The van der Waals surface area contributed by atoms with Crippen molar-refractivity contribution in [3.63, 3.8) is 0 Å². The van der Waals surface area contributed by atoms with Gasteiger partial charge in [0.1, 0.15) is 17.4 Å². The Bertz CT molecular complexity index is 1350. The second kappa shape index (κ2) is 8.75. The van der Waals surface area contributed by atoms with E-state index < -0.39 is 5.92 Å². The van der Waals surface area contributed by atoms with Crippen molar-refractivity contribution in [3.8, 4) is 23.3 Å². The summed E-state index contributed by atoms with van der Waals surface area (Å²) in [6, 6.07) is 17.3. The Labute approximate surface area is 192 Å². The summed E-state index contributed by atoms with van der Waals surface area (Å²) in [4.78, 5) is 13.8. The van der Waals surface area contributed by atoms with Crippen molar-refractivity contribution >= 4 is 0 Å². The van der Waals surface area contributed by atoms with Gasteiger partial charge in [-0.3, -0.25) is 4.79 Å². The summed E-state index contributed by atoms with van der Waals surface area (Å²) in [5.41, 5.74) is 9.98. The second-order valence-electron chi connectivity index (χ2n) is 7.98. The molecule has 168 valence electrons. The Kier molecular flexibility index (Phi) is 5.84. The summed E-state index contributed by atoms with van der Waals surface area (Å²) in [5, 5.41) is 9.89. The lowest BCUT2D eigenvalue weighted by Crippen LogP contribution is -2.33. The Balaban J connectivity index is 1.91. The van der Waals surface area contributed by atoms with Crippen LogP contribution < -0.4 is 25.5 Å². The quantitative estimate of drug-likeness (QED) is 0.645. The zero-order valence-corrected chi connectivity index (χ0v) is 19.0. The Morgan fingerprint density at radius 3 is 2.39 bits per heavy atom. The molecule has 7 heteroatoms. The molecule has 0 radical (unpaired) electrons. The van der Waals surface area contributed by atoms with Crippen LogP contribution in [0.25, 0.3) is 0 Å². The van der Waals surface area contributed by atoms with Crippen LogP contribution >= 0.6 is 0 Å². The molecule has 0 bridgehead atoms. The summed E-state index contributed by atoms with van der Waals surface area (Å²) >= 11 is 0. The van der Waals surface area contributed by atoms with Crippen LogP contribution in [0.2, 0.25) is 0 Å². The lowest BCUT2D eigenvalue weighted by atomic mass is 9.84. The monoisotopic (exact) mass is 443 g/mol. The second-order valence-corrected chi connectivity index (χ2v) is 7.98. The largest absolute Gasteiger partial charge is 0.493 e. The van der Waals surface area contributed by atoms with Crippen LogP contribution in [-0.4, -0.2) is 18.8 Å². The molecule has 2 heterocycles. The molecule has 1 unspecified atom stereocenters. The van der Waals surface area contributed by atoms with Crippen LogP contribution in [0, 0.1) is 25.2 Å². The fraction of sp³-hybridized carbons (Fsp3) is 0.231. The van der Waals surface area contributed by atoms with E-state index in [1.54, 1.807) is 35.9 Å². The number of ether oxygens (including phenoxy) is 3. The number of aryl methyl sites for hydroxylation is 2. The summed E-state index contributed by atoms with van der Waals surface area (Å²) in [6.45, 7) is 4.27. The number of hydrogen-bond donors (Lipinski definition) is 1. The predicted molar refractivity (Wildman–Crippen MR) is 125 cm³/mol. The Hall–Kier alpha value is -4.18. The molecule has 2 aromatic carbocycles. The molecule has 0 aliphatic carbocycles. The van der Waals surface area contributed by atoms with Gasteiger partial charge in [-0.1, -0.05) is 35.9 Å². The lowest BCUT2D eigenvalue weighted by molar-refractivity contribution is 0.354. The normalized spacial score (nSPS) is 14.8. The average Bonchev–Trinajstić information content (AvgIpc) is 2.81. The molecule has 1 aliphatic heterocycles. The number of pyridine rings is 1. The molecule has 0 saturated carbocycles. The topological polar surface area (TPSA) is 99.5 Å². The molecular formula is C26H25N3O4. The van der Waals surface area contributed by atoms with Gasteiger partial charge in [-0.25, -0.2) is 0 Å². The molecule has 1 aromatic heterocycles. The zero-order chi connectivity index (χ0) is 23.7. The Morgan fingerprint density at radius 1 is 1.06 bits per heavy atom. The maximum Gasteiger partial charge on any atom is 0.259 e. The molecular weight excluding hydrogens is 418 g/mol. The van der Waals surface area contributed by atoms with E-state index in [2.05, 4.69) is 6.07 Å². The van der Waals surface area contributed by atoms with Crippen molar-refractivity contribution in [3.05, 3.63) is 98.3 Å². The van der Waals surface area contributed by atoms with Crippen LogP contribution in [0.1, 0.15) is 33.9 Å². The first-order valence-electron chi connectivity index (χ1n) is 10.5. The number of benzene rings is 2. The first-order chi connectivity index (χ1) is 15.9. The third-order valence-corrected chi connectivity index (χ3v) is 5.89. The SMILES string of the molecule is COc1ccc(C2C(C#N)=C(N)Oc3cc(C)n(Cc4ccc(C)cc4)c(=O)c32)cc1OC. The van der Waals surface area contributed by atoms with Crippen molar-refractivity contribution in [1.82, 2.24) is 4.57 Å². The van der Waals surface area contributed by atoms with Crippen molar-refractivity contribution in [2.75, 3.05) is 14.2 Å². The third kappa shape index (κ3) is 3.92. The van der Waals surface area contributed by atoms with Gasteiger partial charge in [0.05, 0.1) is 32.2 Å². The van der Waals surface area contributed by atoms with E-state index >= 15 is 0 Å². The average molecular weight is 444 g/mol. The van der Waals surface area contributed by atoms with E-state index in [-0.39, 0.29) is 17.0 Å². The highest BCUT2D eigenvalue weighted by molar-refractivity contribution is 5.57. The van der Waals surface area contributed by atoms with E-state index in [1.165, 1.54) is 7.11 Å². The minimum atomic E-state index is -0.698. The van der Waals surface area contributed by atoms with E-state index in [9.17, 15) is 10.1 Å². The fourth-order valence-corrected chi connectivity index (χ4v) is 4.12. The molecule has 0 saturated heterocycles. The minimum absolute atomic E-state index is 0.0140. The lowest BCUT2D eigenvalue weighted by Gasteiger charge is -2.27. The number of nitrogens with zero attached hydrogens (tertiary/aromatic N) is 2.